The third kappa shape index (κ3) is 2.72. The summed E-state index contributed by atoms with van der Waals surface area (Å²) in [7, 11) is 0. The molecule has 0 atom stereocenters. The SMILES string of the molecule is Cc1cc(=O)[nH]n1-c1ccc(N/C=C2\C(=O)Nc3ncccc32)cc1. The predicted molar refractivity (Wildman–Crippen MR) is 95.6 cm³/mol. The molecule has 1 aliphatic rings. The second-order valence-electron chi connectivity index (χ2n) is 5.70. The van der Waals surface area contributed by atoms with Crippen molar-refractivity contribution in [2.24, 2.45) is 0 Å². The van der Waals surface area contributed by atoms with E-state index in [0.717, 1.165) is 22.6 Å². The lowest BCUT2D eigenvalue weighted by Crippen LogP contribution is -2.06. The third-order valence-corrected chi connectivity index (χ3v) is 4.00. The van der Waals surface area contributed by atoms with Gasteiger partial charge in [0.1, 0.15) is 5.82 Å². The highest BCUT2D eigenvalue weighted by Gasteiger charge is 2.24. The summed E-state index contributed by atoms with van der Waals surface area (Å²) < 4.78 is 1.72. The molecule has 0 spiro atoms. The Labute approximate surface area is 143 Å². The maximum atomic E-state index is 12.0. The van der Waals surface area contributed by atoms with E-state index >= 15 is 0 Å². The lowest BCUT2D eigenvalue weighted by Gasteiger charge is -2.07. The molecule has 3 aromatic rings. The standard InChI is InChI=1S/C18H15N5O2/c1-11-9-16(24)22-23(11)13-6-4-12(5-7-13)20-10-15-14-3-2-8-19-17(14)21-18(15)25/h2-10,20H,1H3,(H,22,24)(H,19,21,25)/b15-10-. The van der Waals surface area contributed by atoms with Gasteiger partial charge in [0.15, 0.2) is 0 Å². The van der Waals surface area contributed by atoms with Crippen LogP contribution in [0.4, 0.5) is 11.5 Å². The fourth-order valence-electron chi connectivity index (χ4n) is 2.78. The van der Waals surface area contributed by atoms with Crippen LogP contribution in [0.3, 0.4) is 0 Å². The first kappa shape index (κ1) is 14.9. The Bertz CT molecular complexity index is 1040. The monoisotopic (exact) mass is 333 g/mol. The van der Waals surface area contributed by atoms with Gasteiger partial charge in [-0.05, 0) is 43.3 Å². The van der Waals surface area contributed by atoms with E-state index in [1.165, 1.54) is 0 Å². The van der Waals surface area contributed by atoms with Crippen LogP contribution in [-0.2, 0) is 4.79 Å². The number of aromatic nitrogens is 3. The summed E-state index contributed by atoms with van der Waals surface area (Å²) in [6.07, 6.45) is 3.31. The smallest absolute Gasteiger partial charge is 0.264 e. The Morgan fingerprint density at radius 1 is 1.16 bits per heavy atom. The average Bonchev–Trinajstić information content (AvgIpc) is 3.11. The molecule has 3 heterocycles. The topological polar surface area (TPSA) is 91.8 Å². The molecule has 25 heavy (non-hydrogen) atoms. The van der Waals surface area contributed by atoms with E-state index in [0.29, 0.717) is 11.4 Å². The molecule has 0 saturated heterocycles. The number of anilines is 2. The first-order chi connectivity index (χ1) is 12.1. The summed E-state index contributed by atoms with van der Waals surface area (Å²) in [5.41, 5.74) is 3.69. The van der Waals surface area contributed by atoms with E-state index in [9.17, 15) is 9.59 Å². The van der Waals surface area contributed by atoms with Gasteiger partial charge in [0.05, 0.1) is 11.3 Å². The fraction of sp³-hybridized carbons (Fsp3) is 0.0556. The third-order valence-electron chi connectivity index (χ3n) is 4.00. The Hall–Kier alpha value is -3.61. The van der Waals surface area contributed by atoms with Gasteiger partial charge in [-0.25, -0.2) is 4.98 Å². The van der Waals surface area contributed by atoms with Crippen LogP contribution in [0.1, 0.15) is 11.3 Å². The van der Waals surface area contributed by atoms with Crippen LogP contribution in [0.5, 0.6) is 0 Å². The second-order valence-corrected chi connectivity index (χ2v) is 5.70. The maximum Gasteiger partial charge on any atom is 0.264 e. The van der Waals surface area contributed by atoms with Gasteiger partial charge in [0.2, 0.25) is 0 Å². The number of fused-ring (bicyclic) bond motifs is 1. The highest BCUT2D eigenvalue weighted by atomic mass is 16.2. The number of nitrogens with one attached hydrogen (secondary N) is 3. The Balaban J connectivity index is 1.57. The number of nitrogens with zero attached hydrogens (tertiary/aromatic N) is 2. The number of benzene rings is 1. The zero-order chi connectivity index (χ0) is 17.4. The highest BCUT2D eigenvalue weighted by molar-refractivity contribution is 6.31. The molecule has 0 fully saturated rings. The molecule has 0 radical (unpaired) electrons. The zero-order valence-electron chi connectivity index (χ0n) is 13.4. The molecule has 2 aromatic heterocycles. The number of aromatic amines is 1. The normalized spacial score (nSPS) is 14.4. The van der Waals surface area contributed by atoms with Crippen LogP contribution < -0.4 is 16.2 Å². The van der Waals surface area contributed by atoms with Crippen molar-refractivity contribution >= 4 is 23.0 Å². The van der Waals surface area contributed by atoms with Crippen molar-refractivity contribution in [3.8, 4) is 5.69 Å². The van der Waals surface area contributed by atoms with Crippen molar-refractivity contribution in [1.82, 2.24) is 14.8 Å². The van der Waals surface area contributed by atoms with Gasteiger partial charge >= 0.3 is 0 Å². The number of rotatable bonds is 3. The maximum absolute atomic E-state index is 12.0. The Kier molecular flexibility index (Phi) is 3.46. The molecule has 3 N–H and O–H groups in total. The number of carbonyl (C=O) groups is 1. The summed E-state index contributed by atoms with van der Waals surface area (Å²) in [5.74, 6) is 0.390. The Morgan fingerprint density at radius 2 is 1.96 bits per heavy atom. The van der Waals surface area contributed by atoms with Crippen LogP contribution in [0.2, 0.25) is 0 Å². The fourth-order valence-corrected chi connectivity index (χ4v) is 2.78. The molecule has 1 amide bonds. The molecule has 0 aliphatic carbocycles. The minimum atomic E-state index is -0.182. The largest absolute Gasteiger partial charge is 0.361 e. The van der Waals surface area contributed by atoms with Gasteiger partial charge in [0.25, 0.3) is 11.5 Å². The molecule has 1 aromatic carbocycles. The van der Waals surface area contributed by atoms with E-state index in [-0.39, 0.29) is 11.5 Å². The van der Waals surface area contributed by atoms with Gasteiger partial charge in [-0.1, -0.05) is 0 Å². The summed E-state index contributed by atoms with van der Waals surface area (Å²) in [6, 6.07) is 12.7. The second kappa shape index (κ2) is 5.79. The van der Waals surface area contributed by atoms with Crippen LogP contribution in [0, 0.1) is 6.92 Å². The van der Waals surface area contributed by atoms with Gasteiger partial charge in [-0.15, -0.1) is 0 Å². The van der Waals surface area contributed by atoms with E-state index in [4.69, 9.17) is 0 Å². The molecule has 7 heteroatoms. The molecule has 1 aliphatic heterocycles. The first-order valence-corrected chi connectivity index (χ1v) is 7.74. The minimum Gasteiger partial charge on any atom is -0.361 e. The summed E-state index contributed by atoms with van der Waals surface area (Å²) in [6.45, 7) is 1.86. The van der Waals surface area contributed by atoms with Crippen LogP contribution in [0.25, 0.3) is 11.3 Å². The van der Waals surface area contributed by atoms with Gasteiger partial charge in [-0.2, -0.15) is 0 Å². The van der Waals surface area contributed by atoms with Crippen molar-refractivity contribution in [2.45, 2.75) is 6.92 Å². The van der Waals surface area contributed by atoms with Crippen LogP contribution in [0.15, 0.2) is 59.7 Å². The molecule has 0 saturated carbocycles. The molecule has 0 unspecified atom stereocenters. The molecule has 7 nitrogen and oxygen atoms in total. The molecular formula is C18H15N5O2. The van der Waals surface area contributed by atoms with E-state index in [2.05, 4.69) is 20.7 Å². The number of H-pyrrole nitrogens is 1. The lowest BCUT2D eigenvalue weighted by molar-refractivity contribution is -0.110. The molecule has 124 valence electrons. The number of carbonyl (C=O) groups excluding carboxylic acids is 1. The number of amides is 1. The minimum absolute atomic E-state index is 0.135. The van der Waals surface area contributed by atoms with Gasteiger partial charge in [0, 0.05) is 35.4 Å². The van der Waals surface area contributed by atoms with Crippen molar-refractivity contribution in [2.75, 3.05) is 10.6 Å². The molecule has 4 rings (SSSR count). The van der Waals surface area contributed by atoms with Crippen molar-refractivity contribution in [3.63, 3.8) is 0 Å². The van der Waals surface area contributed by atoms with Crippen molar-refractivity contribution < 1.29 is 4.79 Å². The van der Waals surface area contributed by atoms with Crippen LogP contribution >= 0.6 is 0 Å². The van der Waals surface area contributed by atoms with Crippen molar-refractivity contribution in [3.05, 3.63) is 76.5 Å². The summed E-state index contributed by atoms with van der Waals surface area (Å²) in [4.78, 5) is 27.6. The Morgan fingerprint density at radius 3 is 2.68 bits per heavy atom. The number of aryl methyl sites for hydroxylation is 1. The van der Waals surface area contributed by atoms with Gasteiger partial charge in [-0.3, -0.25) is 19.4 Å². The number of hydrogen-bond donors (Lipinski definition) is 3. The van der Waals surface area contributed by atoms with E-state index < -0.39 is 0 Å². The number of pyridine rings is 1. The zero-order valence-corrected chi connectivity index (χ0v) is 13.4. The predicted octanol–water partition coefficient (Wildman–Crippen LogP) is 2.27. The molecular weight excluding hydrogens is 318 g/mol. The highest BCUT2D eigenvalue weighted by Crippen LogP contribution is 2.29. The first-order valence-electron chi connectivity index (χ1n) is 7.74. The lowest BCUT2D eigenvalue weighted by atomic mass is 10.1. The van der Waals surface area contributed by atoms with Crippen LogP contribution in [-0.4, -0.2) is 20.7 Å². The quantitative estimate of drug-likeness (QED) is 0.641. The summed E-state index contributed by atoms with van der Waals surface area (Å²) in [5, 5.41) is 8.59. The van der Waals surface area contributed by atoms with E-state index in [1.807, 2.05) is 37.3 Å². The number of hydrogen-bond acceptors (Lipinski definition) is 4. The summed E-state index contributed by atoms with van der Waals surface area (Å²) >= 11 is 0. The average molecular weight is 333 g/mol. The van der Waals surface area contributed by atoms with Gasteiger partial charge < -0.3 is 10.6 Å². The molecule has 0 bridgehead atoms. The van der Waals surface area contributed by atoms with E-state index in [1.54, 1.807) is 29.2 Å². The van der Waals surface area contributed by atoms with Crippen molar-refractivity contribution in [1.29, 1.82) is 0 Å².